The molecular formula is C29H37F3N2O4. The topological polar surface area (TPSA) is 71.0 Å². The van der Waals surface area contributed by atoms with Gasteiger partial charge in [0, 0.05) is 30.9 Å². The molecule has 0 bridgehead atoms. The molecule has 2 N–H and O–H groups in total. The molecule has 1 saturated heterocycles. The van der Waals surface area contributed by atoms with Crippen molar-refractivity contribution in [1.29, 1.82) is 0 Å². The number of nitrogens with zero attached hydrogens (tertiary/aromatic N) is 1. The molecule has 0 radical (unpaired) electrons. The lowest BCUT2D eigenvalue weighted by atomic mass is 9.91. The Morgan fingerprint density at radius 2 is 1.84 bits per heavy atom. The van der Waals surface area contributed by atoms with Crippen molar-refractivity contribution in [2.24, 2.45) is 11.8 Å². The van der Waals surface area contributed by atoms with Crippen LogP contribution >= 0.6 is 0 Å². The molecule has 38 heavy (non-hydrogen) atoms. The number of methoxy groups -OCH3 is 1. The summed E-state index contributed by atoms with van der Waals surface area (Å²) in [5.74, 6) is 1.49. The molecule has 1 heterocycles. The number of nitrogens with one attached hydrogen (secondary N) is 1. The number of aliphatic carboxylic acids is 1. The zero-order valence-electron chi connectivity index (χ0n) is 22.0. The lowest BCUT2D eigenvalue weighted by Crippen LogP contribution is -2.37. The molecule has 4 rings (SSSR count). The Kier molecular flexibility index (Phi) is 9.07. The van der Waals surface area contributed by atoms with E-state index in [0.29, 0.717) is 24.2 Å². The van der Waals surface area contributed by atoms with E-state index in [-0.39, 0.29) is 12.3 Å². The summed E-state index contributed by atoms with van der Waals surface area (Å²) in [5, 5.41) is 11.9. The fraction of sp³-hybridized carbons (Fsp3) is 0.552. The van der Waals surface area contributed by atoms with E-state index in [9.17, 15) is 23.1 Å². The van der Waals surface area contributed by atoms with Crippen LogP contribution in [0.4, 0.5) is 18.9 Å². The maximum absolute atomic E-state index is 12.8. The van der Waals surface area contributed by atoms with Crippen molar-refractivity contribution in [2.45, 2.75) is 57.2 Å². The van der Waals surface area contributed by atoms with Crippen LogP contribution in [0, 0.1) is 11.8 Å². The molecule has 1 unspecified atom stereocenters. The first-order valence-corrected chi connectivity index (χ1v) is 13.3. The number of carboxylic acid groups (broad SMARTS) is 1. The van der Waals surface area contributed by atoms with Crippen LogP contribution < -0.4 is 19.7 Å². The van der Waals surface area contributed by atoms with E-state index in [1.165, 1.54) is 0 Å². The molecule has 1 aliphatic heterocycles. The molecular weight excluding hydrogens is 497 g/mol. The highest BCUT2D eigenvalue weighted by atomic mass is 19.4. The standard InChI is InChI=1S/C29H37F3N2O4/c1-19(33-18-29(30,31)32)25-9-8-23(37-2)15-27(25)34-12-10-20(11-13-34)17-38-24-5-3-4-22(14-24)26(16-28(35)36)21-6-7-21/h3-5,8-9,14-15,19-21,26,33H,6-7,10-13,16-18H2,1-2H3,(H,35,36)/t19?,26-/m0/s1. The van der Waals surface area contributed by atoms with E-state index in [2.05, 4.69) is 10.2 Å². The average molecular weight is 535 g/mol. The van der Waals surface area contributed by atoms with Gasteiger partial charge in [-0.1, -0.05) is 18.2 Å². The van der Waals surface area contributed by atoms with Crippen molar-refractivity contribution in [2.75, 3.05) is 38.3 Å². The summed E-state index contributed by atoms with van der Waals surface area (Å²) < 4.78 is 49.8. The summed E-state index contributed by atoms with van der Waals surface area (Å²) in [4.78, 5) is 13.6. The normalized spacial score (nSPS) is 18.2. The number of piperidine rings is 1. The second-order valence-electron chi connectivity index (χ2n) is 10.5. The summed E-state index contributed by atoms with van der Waals surface area (Å²) in [6.07, 6.45) is -0.187. The van der Waals surface area contributed by atoms with Crippen LogP contribution in [0.3, 0.4) is 0 Å². The number of carbonyl (C=O) groups is 1. The number of rotatable bonds is 12. The molecule has 0 spiro atoms. The third-order valence-corrected chi connectivity index (χ3v) is 7.63. The van der Waals surface area contributed by atoms with Gasteiger partial charge < -0.3 is 24.8 Å². The SMILES string of the molecule is COc1ccc(C(C)NCC(F)(F)F)c(N2CCC(COc3cccc([C@@H](CC(=O)O)C4CC4)c3)CC2)c1. The number of benzene rings is 2. The second-order valence-corrected chi connectivity index (χ2v) is 10.5. The highest BCUT2D eigenvalue weighted by Crippen LogP contribution is 2.45. The Hall–Kier alpha value is -2.94. The summed E-state index contributed by atoms with van der Waals surface area (Å²) in [6, 6.07) is 12.9. The number of carboxylic acids is 1. The Morgan fingerprint density at radius 1 is 1.11 bits per heavy atom. The average Bonchev–Trinajstić information content (AvgIpc) is 3.74. The van der Waals surface area contributed by atoms with Crippen LogP contribution in [-0.4, -0.2) is 50.6 Å². The molecule has 1 saturated carbocycles. The molecule has 2 aliphatic rings. The second kappa shape index (κ2) is 12.3. The van der Waals surface area contributed by atoms with Crippen molar-refractivity contribution >= 4 is 11.7 Å². The fourth-order valence-corrected chi connectivity index (χ4v) is 5.30. The van der Waals surface area contributed by atoms with Crippen LogP contribution in [0.25, 0.3) is 0 Å². The van der Waals surface area contributed by atoms with Gasteiger partial charge in [-0.25, -0.2) is 0 Å². The van der Waals surface area contributed by atoms with E-state index < -0.39 is 24.7 Å². The number of hydrogen-bond donors (Lipinski definition) is 2. The Bertz CT molecular complexity index is 1080. The lowest BCUT2D eigenvalue weighted by molar-refractivity contribution is -0.137. The van der Waals surface area contributed by atoms with Crippen LogP contribution in [0.1, 0.15) is 62.1 Å². The maximum Gasteiger partial charge on any atom is 0.401 e. The molecule has 208 valence electrons. The molecule has 2 fully saturated rings. The zero-order chi connectivity index (χ0) is 27.3. The predicted molar refractivity (Wildman–Crippen MR) is 140 cm³/mol. The smallest absolute Gasteiger partial charge is 0.401 e. The van der Waals surface area contributed by atoms with Gasteiger partial charge in [-0.05, 0) is 79.7 Å². The Morgan fingerprint density at radius 3 is 2.47 bits per heavy atom. The van der Waals surface area contributed by atoms with Gasteiger partial charge in [0.15, 0.2) is 0 Å². The Balaban J connectivity index is 1.35. The van der Waals surface area contributed by atoms with E-state index in [1.807, 2.05) is 36.4 Å². The van der Waals surface area contributed by atoms with Gasteiger partial charge in [-0.2, -0.15) is 13.2 Å². The third-order valence-electron chi connectivity index (χ3n) is 7.63. The molecule has 0 aromatic heterocycles. The van der Waals surface area contributed by atoms with E-state index in [1.54, 1.807) is 20.1 Å². The molecule has 9 heteroatoms. The van der Waals surface area contributed by atoms with Gasteiger partial charge in [0.05, 0.1) is 26.7 Å². The van der Waals surface area contributed by atoms with Gasteiger partial charge in [0.1, 0.15) is 11.5 Å². The van der Waals surface area contributed by atoms with Gasteiger partial charge >= 0.3 is 12.1 Å². The van der Waals surface area contributed by atoms with Gasteiger partial charge in [-0.15, -0.1) is 0 Å². The van der Waals surface area contributed by atoms with Crippen LogP contribution in [0.5, 0.6) is 11.5 Å². The van der Waals surface area contributed by atoms with Gasteiger partial charge in [0.2, 0.25) is 0 Å². The zero-order valence-corrected chi connectivity index (χ0v) is 22.0. The van der Waals surface area contributed by atoms with Gasteiger partial charge in [0.25, 0.3) is 0 Å². The quantitative estimate of drug-likeness (QED) is 0.339. The molecule has 0 amide bonds. The van der Waals surface area contributed by atoms with Crippen molar-refractivity contribution in [3.8, 4) is 11.5 Å². The van der Waals surface area contributed by atoms with Crippen LogP contribution in [0.15, 0.2) is 42.5 Å². The molecule has 1 aliphatic carbocycles. The first-order chi connectivity index (χ1) is 18.1. The van der Waals surface area contributed by atoms with E-state index in [0.717, 1.165) is 61.3 Å². The molecule has 2 aromatic carbocycles. The van der Waals surface area contributed by atoms with Crippen molar-refractivity contribution in [3.05, 3.63) is 53.6 Å². The van der Waals surface area contributed by atoms with E-state index >= 15 is 0 Å². The summed E-state index contributed by atoms with van der Waals surface area (Å²) in [7, 11) is 1.58. The monoisotopic (exact) mass is 534 g/mol. The first-order valence-electron chi connectivity index (χ1n) is 13.3. The Labute approximate surface area is 222 Å². The van der Waals surface area contributed by atoms with Crippen LogP contribution in [-0.2, 0) is 4.79 Å². The number of alkyl halides is 3. The van der Waals surface area contributed by atoms with E-state index in [4.69, 9.17) is 9.47 Å². The highest BCUT2D eigenvalue weighted by Gasteiger charge is 2.34. The number of halogens is 3. The number of ether oxygens (including phenoxy) is 2. The highest BCUT2D eigenvalue weighted by molar-refractivity contribution is 5.68. The fourth-order valence-electron chi connectivity index (χ4n) is 5.30. The van der Waals surface area contributed by atoms with Crippen molar-refractivity contribution < 1.29 is 32.5 Å². The summed E-state index contributed by atoms with van der Waals surface area (Å²) in [6.45, 7) is 2.80. The molecule has 6 nitrogen and oxygen atoms in total. The van der Waals surface area contributed by atoms with Crippen molar-refractivity contribution in [3.63, 3.8) is 0 Å². The molecule has 2 aromatic rings. The minimum Gasteiger partial charge on any atom is -0.497 e. The maximum atomic E-state index is 12.8. The summed E-state index contributed by atoms with van der Waals surface area (Å²) >= 11 is 0. The molecule has 2 atom stereocenters. The third kappa shape index (κ3) is 7.79. The lowest BCUT2D eigenvalue weighted by Gasteiger charge is -2.36. The summed E-state index contributed by atoms with van der Waals surface area (Å²) in [5.41, 5.74) is 2.73. The minimum atomic E-state index is -4.27. The van der Waals surface area contributed by atoms with Gasteiger partial charge in [-0.3, -0.25) is 4.79 Å². The van der Waals surface area contributed by atoms with Crippen molar-refractivity contribution in [1.82, 2.24) is 5.32 Å². The largest absolute Gasteiger partial charge is 0.497 e. The number of anilines is 1. The van der Waals surface area contributed by atoms with Crippen LogP contribution in [0.2, 0.25) is 0 Å². The first kappa shape index (κ1) is 28.1. The number of hydrogen-bond acceptors (Lipinski definition) is 5. The minimum absolute atomic E-state index is 0.0318. The predicted octanol–water partition coefficient (Wildman–Crippen LogP) is 6.17.